The molecule has 0 aliphatic heterocycles. The van der Waals surface area contributed by atoms with Gasteiger partial charge >= 0.3 is 0 Å². The molecule has 9 nitrogen and oxygen atoms in total. The van der Waals surface area contributed by atoms with Crippen molar-refractivity contribution in [2.75, 3.05) is 36.1 Å². The Balaban J connectivity index is 1.56. The van der Waals surface area contributed by atoms with Crippen LogP contribution in [0.25, 0.3) is 0 Å². The van der Waals surface area contributed by atoms with Gasteiger partial charge in [-0.1, -0.05) is 34.5 Å². The monoisotopic (exact) mass is 593 g/mol. The van der Waals surface area contributed by atoms with E-state index >= 15 is 0 Å². The highest BCUT2D eigenvalue weighted by molar-refractivity contribution is 7.98. The van der Waals surface area contributed by atoms with Gasteiger partial charge in [-0.25, -0.2) is 13.4 Å². The molecule has 1 aromatic carbocycles. The van der Waals surface area contributed by atoms with E-state index in [1.54, 1.807) is 29.9 Å². The van der Waals surface area contributed by atoms with Crippen LogP contribution in [0.3, 0.4) is 0 Å². The van der Waals surface area contributed by atoms with Gasteiger partial charge < -0.3 is 16.0 Å². The van der Waals surface area contributed by atoms with Crippen LogP contribution in [0.1, 0.15) is 16.4 Å². The molecule has 0 fully saturated rings. The van der Waals surface area contributed by atoms with Crippen LogP contribution in [-0.4, -0.2) is 64.8 Å². The molecule has 2 aromatic heterocycles. The van der Waals surface area contributed by atoms with Gasteiger partial charge in [0.2, 0.25) is 5.13 Å². The highest BCUT2D eigenvalue weighted by Gasteiger charge is 2.19. The molecule has 0 aliphatic rings. The first kappa shape index (κ1) is 28.1. The third kappa shape index (κ3) is 9.14. The molecule has 0 spiro atoms. The van der Waals surface area contributed by atoms with Crippen molar-refractivity contribution in [2.24, 2.45) is 4.99 Å². The molecule has 2 heterocycles. The highest BCUT2D eigenvalue weighted by atomic mass is 35.5. The number of rotatable bonds is 13. The van der Waals surface area contributed by atoms with Crippen LogP contribution >= 0.6 is 58.1 Å². The Morgan fingerprint density at radius 1 is 1.20 bits per heavy atom. The number of aromatic nitrogens is 4. The number of hydrogen-bond donors (Lipinski definition) is 3. The minimum Gasteiger partial charge on any atom is -0.374 e. The lowest BCUT2D eigenvalue weighted by atomic mass is 10.4. The molecule has 0 saturated carbocycles. The number of imidazole rings is 1. The van der Waals surface area contributed by atoms with Crippen molar-refractivity contribution in [3.05, 3.63) is 51.0 Å². The average molecular weight is 595 g/mol. The number of nitrogens with two attached hydrogens (primary N) is 1. The molecule has 15 heteroatoms. The quantitative estimate of drug-likeness (QED) is 0.152. The Bertz CT molecular complexity index is 1250. The van der Waals surface area contributed by atoms with E-state index < -0.39 is 9.84 Å². The lowest BCUT2D eigenvalue weighted by Gasteiger charge is -2.12. The summed E-state index contributed by atoms with van der Waals surface area (Å²) in [5, 5.41) is 12.8. The number of amidine groups is 1. The third-order valence-corrected chi connectivity index (χ3v) is 9.79. The molecule has 0 saturated heterocycles. The van der Waals surface area contributed by atoms with Gasteiger partial charge in [-0.15, -0.1) is 10.2 Å². The molecule has 0 aliphatic carbocycles. The van der Waals surface area contributed by atoms with Gasteiger partial charge in [0.25, 0.3) is 0 Å². The van der Waals surface area contributed by atoms with Crippen LogP contribution in [0, 0.1) is 6.92 Å². The summed E-state index contributed by atoms with van der Waals surface area (Å²) in [4.78, 5) is 12.0. The number of hydrogen-bond acceptors (Lipinski definition) is 10. The zero-order valence-electron chi connectivity index (χ0n) is 18.8. The van der Waals surface area contributed by atoms with Crippen molar-refractivity contribution in [1.82, 2.24) is 25.5 Å². The van der Waals surface area contributed by atoms with E-state index in [0.29, 0.717) is 40.6 Å². The highest BCUT2D eigenvalue weighted by Crippen LogP contribution is 2.25. The van der Waals surface area contributed by atoms with Crippen LogP contribution in [0.2, 0.25) is 10.0 Å². The lowest BCUT2D eigenvalue weighted by molar-refractivity contribution is 0.599. The van der Waals surface area contributed by atoms with E-state index in [0.717, 1.165) is 27.9 Å². The maximum absolute atomic E-state index is 13.0. The summed E-state index contributed by atoms with van der Waals surface area (Å²) in [5.74, 6) is 3.07. The van der Waals surface area contributed by atoms with Crippen LogP contribution in [0.5, 0.6) is 0 Å². The number of aromatic amines is 1. The predicted octanol–water partition coefficient (Wildman–Crippen LogP) is 4.09. The summed E-state index contributed by atoms with van der Waals surface area (Å²) in [6, 6.07) is 4.29. The molecule has 0 radical (unpaired) electrons. The van der Waals surface area contributed by atoms with Crippen LogP contribution in [-0.2, 0) is 21.3 Å². The number of nitrogens with one attached hydrogen (secondary N) is 2. The average Bonchev–Trinajstić information content (AvgIpc) is 3.42. The lowest BCUT2D eigenvalue weighted by Crippen LogP contribution is -2.32. The molecule has 35 heavy (non-hydrogen) atoms. The number of anilines is 1. The number of thioether (sulfide) groups is 2. The van der Waals surface area contributed by atoms with Crippen molar-refractivity contribution in [2.45, 2.75) is 23.3 Å². The van der Waals surface area contributed by atoms with Crippen molar-refractivity contribution in [1.29, 1.82) is 0 Å². The Morgan fingerprint density at radius 3 is 2.69 bits per heavy atom. The van der Waals surface area contributed by atoms with E-state index in [-0.39, 0.29) is 15.7 Å². The standard InChI is InChI=1S/C20H25Cl2N7O2S4/c1-13-17(27-12-26-13)9-32-6-4-24-18(25-5-7-33-10-19-28-29-20(23)34-19)11-35(30,31)14-2-3-15(21)16(22)8-14/h2-3,8,12H,4-7,9-11H2,1H3,(H2,23,29)(H,24,25)(H,26,27). The van der Waals surface area contributed by atoms with Gasteiger partial charge in [0.1, 0.15) is 16.6 Å². The second kappa shape index (κ2) is 13.7. The summed E-state index contributed by atoms with van der Waals surface area (Å²) < 4.78 is 26.0. The number of nitrogens with zero attached hydrogens (tertiary/aromatic N) is 4. The Morgan fingerprint density at radius 2 is 2.00 bits per heavy atom. The molecule has 0 unspecified atom stereocenters. The zero-order valence-corrected chi connectivity index (χ0v) is 23.6. The molecule has 0 bridgehead atoms. The molecule has 3 rings (SSSR count). The number of aliphatic imine (C=N–C) groups is 1. The van der Waals surface area contributed by atoms with Gasteiger partial charge in [-0.3, -0.25) is 4.99 Å². The normalized spacial score (nSPS) is 12.3. The van der Waals surface area contributed by atoms with Crippen LogP contribution < -0.4 is 11.1 Å². The fourth-order valence-corrected chi connectivity index (χ4v) is 6.80. The Hall–Kier alpha value is -1.51. The first-order chi connectivity index (χ1) is 16.7. The minimum atomic E-state index is -3.66. The largest absolute Gasteiger partial charge is 0.374 e. The summed E-state index contributed by atoms with van der Waals surface area (Å²) in [6.45, 7) is 3.01. The van der Waals surface area contributed by atoms with Gasteiger partial charge in [0.15, 0.2) is 9.84 Å². The third-order valence-electron chi connectivity index (χ3n) is 4.57. The summed E-state index contributed by atoms with van der Waals surface area (Å²) >= 11 is 16.7. The number of H-pyrrole nitrogens is 1. The van der Waals surface area contributed by atoms with Gasteiger partial charge in [-0.2, -0.15) is 23.5 Å². The van der Waals surface area contributed by atoms with Crippen LogP contribution in [0.4, 0.5) is 5.13 Å². The fraction of sp³-hybridized carbons (Fsp3) is 0.400. The van der Waals surface area contributed by atoms with E-state index in [1.165, 1.54) is 29.5 Å². The van der Waals surface area contributed by atoms with Crippen molar-refractivity contribution in [3.63, 3.8) is 0 Å². The summed E-state index contributed by atoms with van der Waals surface area (Å²) in [7, 11) is -3.66. The molecule has 3 aromatic rings. The maximum Gasteiger partial charge on any atom is 0.203 e. The number of benzene rings is 1. The second-order valence-electron chi connectivity index (χ2n) is 7.20. The second-order valence-corrected chi connectivity index (χ2v) is 13.3. The fourth-order valence-electron chi connectivity index (χ4n) is 2.78. The van der Waals surface area contributed by atoms with E-state index in [1.807, 2.05) is 6.92 Å². The van der Waals surface area contributed by atoms with Gasteiger partial charge in [0, 0.05) is 35.3 Å². The predicted molar refractivity (Wildman–Crippen MR) is 149 cm³/mol. The molecule has 0 amide bonds. The topological polar surface area (TPSA) is 139 Å². The molecule has 190 valence electrons. The molecular formula is C20H25Cl2N7O2S4. The minimum absolute atomic E-state index is 0.105. The van der Waals surface area contributed by atoms with E-state index in [4.69, 9.17) is 28.9 Å². The SMILES string of the molecule is Cc1[nH]cnc1CSCCNC(CS(=O)(=O)c1ccc(Cl)c(Cl)c1)=NCCSCc1nnc(N)s1. The first-order valence-corrected chi connectivity index (χ1v) is 15.9. The summed E-state index contributed by atoms with van der Waals surface area (Å²) in [6.07, 6.45) is 1.68. The number of aryl methyl sites for hydroxylation is 1. The summed E-state index contributed by atoms with van der Waals surface area (Å²) in [5.41, 5.74) is 7.67. The van der Waals surface area contributed by atoms with Crippen molar-refractivity contribution < 1.29 is 8.42 Å². The zero-order chi connectivity index (χ0) is 25.3. The van der Waals surface area contributed by atoms with Crippen LogP contribution in [0.15, 0.2) is 34.4 Å². The number of halogens is 2. The van der Waals surface area contributed by atoms with Crippen molar-refractivity contribution >= 4 is 78.9 Å². The first-order valence-electron chi connectivity index (χ1n) is 10.4. The van der Waals surface area contributed by atoms with E-state index in [2.05, 4.69) is 30.5 Å². The smallest absolute Gasteiger partial charge is 0.203 e. The van der Waals surface area contributed by atoms with Gasteiger partial charge in [0.05, 0.1) is 33.5 Å². The van der Waals surface area contributed by atoms with Crippen molar-refractivity contribution in [3.8, 4) is 0 Å². The number of sulfone groups is 1. The van der Waals surface area contributed by atoms with Gasteiger partial charge in [-0.05, 0) is 25.1 Å². The Labute approximate surface area is 227 Å². The van der Waals surface area contributed by atoms with E-state index in [9.17, 15) is 8.42 Å². The number of nitrogen functional groups attached to an aromatic ring is 1. The maximum atomic E-state index is 13.0. The molecule has 0 atom stereocenters. The molecule has 4 N–H and O–H groups in total. The molecular weight excluding hydrogens is 569 g/mol. The Kier molecular flexibility index (Phi) is 11.0.